The summed E-state index contributed by atoms with van der Waals surface area (Å²) in [7, 11) is 3.10. The molecule has 0 radical (unpaired) electrons. The van der Waals surface area contributed by atoms with Gasteiger partial charge in [-0.1, -0.05) is 42.5 Å². The summed E-state index contributed by atoms with van der Waals surface area (Å²) in [5, 5.41) is 1.83. The maximum absolute atomic E-state index is 13.0. The van der Waals surface area contributed by atoms with Crippen molar-refractivity contribution in [3.05, 3.63) is 75.1 Å². The van der Waals surface area contributed by atoms with E-state index >= 15 is 0 Å². The van der Waals surface area contributed by atoms with Crippen LogP contribution in [0.2, 0.25) is 0 Å². The van der Waals surface area contributed by atoms with E-state index in [2.05, 4.69) is 15.9 Å². The molecule has 3 aromatic carbocycles. The highest BCUT2D eigenvalue weighted by Gasteiger charge is 2.35. The van der Waals surface area contributed by atoms with Gasteiger partial charge in [0.05, 0.1) is 30.1 Å². The normalized spacial score (nSPS) is 15.3. The highest BCUT2D eigenvalue weighted by atomic mass is 79.9. The Balaban J connectivity index is 1.64. The van der Waals surface area contributed by atoms with Crippen LogP contribution in [0.5, 0.6) is 11.5 Å². The average molecular weight is 484 g/mol. The third kappa shape index (κ3) is 3.82. The highest BCUT2D eigenvalue weighted by Crippen LogP contribution is 2.39. The summed E-state index contributed by atoms with van der Waals surface area (Å²) < 4.78 is 11.4. The zero-order valence-electron chi connectivity index (χ0n) is 16.3. The van der Waals surface area contributed by atoms with Gasteiger partial charge in [-0.15, -0.1) is 0 Å². The number of amides is 2. The number of halogens is 1. The largest absolute Gasteiger partial charge is 0.493 e. The first-order valence-corrected chi connectivity index (χ1v) is 10.8. The Bertz CT molecular complexity index is 1190. The van der Waals surface area contributed by atoms with E-state index in [1.54, 1.807) is 26.4 Å². The van der Waals surface area contributed by atoms with Crippen LogP contribution in [-0.2, 0) is 11.3 Å². The Kier molecular flexibility index (Phi) is 5.83. The summed E-state index contributed by atoms with van der Waals surface area (Å²) in [4.78, 5) is 27.2. The smallest absolute Gasteiger partial charge is 0.293 e. The van der Waals surface area contributed by atoms with E-state index in [-0.39, 0.29) is 17.7 Å². The Labute approximate surface area is 186 Å². The molecule has 152 valence electrons. The molecule has 30 heavy (non-hydrogen) atoms. The van der Waals surface area contributed by atoms with Gasteiger partial charge >= 0.3 is 0 Å². The number of carbonyl (C=O) groups excluding carboxylic acids is 2. The van der Waals surface area contributed by atoms with Crippen molar-refractivity contribution >= 4 is 55.7 Å². The van der Waals surface area contributed by atoms with Crippen LogP contribution in [0.3, 0.4) is 0 Å². The number of fused-ring (bicyclic) bond motifs is 1. The van der Waals surface area contributed by atoms with Gasteiger partial charge in [-0.25, -0.2) is 0 Å². The molecule has 7 heteroatoms. The van der Waals surface area contributed by atoms with E-state index < -0.39 is 0 Å². The fourth-order valence-electron chi connectivity index (χ4n) is 3.41. The molecule has 0 unspecified atom stereocenters. The van der Waals surface area contributed by atoms with Crippen LogP contribution in [0, 0.1) is 0 Å². The lowest BCUT2D eigenvalue weighted by atomic mass is 10.0. The van der Waals surface area contributed by atoms with E-state index in [1.165, 1.54) is 4.90 Å². The zero-order chi connectivity index (χ0) is 21.3. The number of ether oxygens (including phenoxy) is 2. The Morgan fingerprint density at radius 2 is 1.80 bits per heavy atom. The molecule has 2 amide bonds. The number of benzene rings is 3. The number of thioether (sulfide) groups is 1. The average Bonchev–Trinajstić information content (AvgIpc) is 3.01. The molecular formula is C23H18BrNO4S. The summed E-state index contributed by atoms with van der Waals surface area (Å²) in [6.45, 7) is 0.235. The molecule has 3 aromatic rings. The monoisotopic (exact) mass is 483 g/mol. The number of rotatable bonds is 5. The van der Waals surface area contributed by atoms with Crippen molar-refractivity contribution in [2.45, 2.75) is 6.54 Å². The van der Waals surface area contributed by atoms with Gasteiger partial charge in [0.25, 0.3) is 11.1 Å². The van der Waals surface area contributed by atoms with Gasteiger partial charge in [0.15, 0.2) is 11.5 Å². The Morgan fingerprint density at radius 1 is 1.03 bits per heavy atom. The third-order valence-electron chi connectivity index (χ3n) is 4.84. The fourth-order valence-corrected chi connectivity index (χ4v) is 4.87. The Morgan fingerprint density at radius 3 is 2.57 bits per heavy atom. The summed E-state index contributed by atoms with van der Waals surface area (Å²) in [6, 6.07) is 17.4. The fraction of sp³-hybridized carbons (Fsp3) is 0.130. The minimum Gasteiger partial charge on any atom is -0.493 e. The number of hydrogen-bond donors (Lipinski definition) is 0. The van der Waals surface area contributed by atoms with Gasteiger partial charge in [-0.2, -0.15) is 0 Å². The standard InChI is InChI=1S/C23H18BrNO4S/c1-28-19-11-14(10-18(24)21(19)29-2)12-20-22(26)25(23(27)30-20)13-16-8-5-7-15-6-3-4-9-17(15)16/h3-12H,13H2,1-2H3/b20-12-. The quantitative estimate of drug-likeness (QED) is 0.425. The second-order valence-corrected chi connectivity index (χ2v) is 8.49. The predicted molar refractivity (Wildman–Crippen MR) is 123 cm³/mol. The minimum atomic E-state index is -0.302. The van der Waals surface area contributed by atoms with E-state index in [1.807, 2.05) is 48.5 Å². The molecule has 1 fully saturated rings. The summed E-state index contributed by atoms with van der Waals surface area (Å²) in [5.41, 5.74) is 1.67. The maximum atomic E-state index is 13.0. The van der Waals surface area contributed by atoms with Crippen molar-refractivity contribution in [3.8, 4) is 11.5 Å². The number of hydrogen-bond acceptors (Lipinski definition) is 5. The van der Waals surface area contributed by atoms with E-state index in [0.29, 0.717) is 20.9 Å². The first-order chi connectivity index (χ1) is 14.5. The first-order valence-electron chi connectivity index (χ1n) is 9.15. The number of imide groups is 1. The SMILES string of the molecule is COc1cc(/C=C2\SC(=O)N(Cc3cccc4ccccc34)C2=O)cc(Br)c1OC. The molecule has 0 saturated carbocycles. The topological polar surface area (TPSA) is 55.8 Å². The van der Waals surface area contributed by atoms with Crippen LogP contribution >= 0.6 is 27.7 Å². The molecule has 0 aromatic heterocycles. The predicted octanol–water partition coefficient (Wildman–Crippen LogP) is 5.86. The lowest BCUT2D eigenvalue weighted by Crippen LogP contribution is -2.27. The molecule has 0 spiro atoms. The van der Waals surface area contributed by atoms with Gasteiger partial charge in [0.2, 0.25) is 0 Å². The summed E-state index contributed by atoms with van der Waals surface area (Å²) >= 11 is 4.39. The van der Waals surface area contributed by atoms with Gasteiger partial charge in [-0.05, 0) is 67.8 Å². The molecule has 1 heterocycles. The van der Waals surface area contributed by atoms with Crippen LogP contribution in [0.25, 0.3) is 16.8 Å². The van der Waals surface area contributed by atoms with Crippen LogP contribution in [0.4, 0.5) is 4.79 Å². The van der Waals surface area contributed by atoms with E-state index in [4.69, 9.17) is 9.47 Å². The van der Waals surface area contributed by atoms with Crippen molar-refractivity contribution < 1.29 is 19.1 Å². The molecule has 1 aliphatic heterocycles. The van der Waals surface area contributed by atoms with Crippen molar-refractivity contribution in [1.29, 1.82) is 0 Å². The van der Waals surface area contributed by atoms with Crippen LogP contribution in [-0.4, -0.2) is 30.3 Å². The van der Waals surface area contributed by atoms with Crippen molar-refractivity contribution in [2.24, 2.45) is 0 Å². The summed E-state index contributed by atoms with van der Waals surface area (Å²) in [5.74, 6) is 0.802. The number of carbonyl (C=O) groups is 2. The van der Waals surface area contributed by atoms with E-state index in [0.717, 1.165) is 33.7 Å². The zero-order valence-corrected chi connectivity index (χ0v) is 18.7. The molecule has 0 N–H and O–H groups in total. The lowest BCUT2D eigenvalue weighted by molar-refractivity contribution is -0.123. The second kappa shape index (κ2) is 8.53. The Hall–Kier alpha value is -2.77. The van der Waals surface area contributed by atoms with Gasteiger partial charge in [-0.3, -0.25) is 14.5 Å². The molecule has 0 aliphatic carbocycles. The molecule has 1 aliphatic rings. The molecule has 0 bridgehead atoms. The van der Waals surface area contributed by atoms with Crippen molar-refractivity contribution in [1.82, 2.24) is 4.90 Å². The van der Waals surface area contributed by atoms with Crippen LogP contribution < -0.4 is 9.47 Å². The molecule has 5 nitrogen and oxygen atoms in total. The van der Waals surface area contributed by atoms with Gasteiger partial charge in [0.1, 0.15) is 0 Å². The molecule has 1 saturated heterocycles. The maximum Gasteiger partial charge on any atom is 0.293 e. The minimum absolute atomic E-state index is 0.235. The number of methoxy groups -OCH3 is 2. The van der Waals surface area contributed by atoms with Gasteiger partial charge < -0.3 is 9.47 Å². The summed E-state index contributed by atoms with van der Waals surface area (Å²) in [6.07, 6.45) is 1.70. The molecule has 4 rings (SSSR count). The lowest BCUT2D eigenvalue weighted by Gasteiger charge is -2.14. The third-order valence-corrected chi connectivity index (χ3v) is 6.33. The van der Waals surface area contributed by atoms with Crippen LogP contribution in [0.1, 0.15) is 11.1 Å². The van der Waals surface area contributed by atoms with Crippen molar-refractivity contribution in [3.63, 3.8) is 0 Å². The number of nitrogens with zero attached hydrogens (tertiary/aromatic N) is 1. The van der Waals surface area contributed by atoms with E-state index in [9.17, 15) is 9.59 Å². The molecular weight excluding hydrogens is 466 g/mol. The first kappa shape index (κ1) is 20.5. The second-order valence-electron chi connectivity index (χ2n) is 6.64. The van der Waals surface area contributed by atoms with Crippen molar-refractivity contribution in [2.75, 3.05) is 14.2 Å². The highest BCUT2D eigenvalue weighted by molar-refractivity contribution is 9.10. The van der Waals surface area contributed by atoms with Crippen LogP contribution in [0.15, 0.2) is 64.0 Å². The van der Waals surface area contributed by atoms with Gasteiger partial charge in [0, 0.05) is 0 Å². The molecule has 0 atom stereocenters.